The van der Waals surface area contributed by atoms with Crippen molar-refractivity contribution in [2.75, 3.05) is 6.61 Å². The number of aromatic nitrogens is 2. The molecule has 2 aromatic heterocycles. The number of aliphatic hydroxyl groups is 1. The standard InChI is InChI=1S/C18H16N2O2/c1-19-15-8-4-3-7-14(15)17-13(10-11-21)12-6-2-5-9-16(12)20(17)18(19)22/h2-9,21H,10-11H2,1H3. The second-order valence-electron chi connectivity index (χ2n) is 5.51. The lowest BCUT2D eigenvalue weighted by molar-refractivity contribution is 0.300. The van der Waals surface area contributed by atoms with Crippen molar-refractivity contribution in [2.45, 2.75) is 6.42 Å². The maximum absolute atomic E-state index is 12.8. The Hall–Kier alpha value is -2.59. The lowest BCUT2D eigenvalue weighted by Crippen LogP contribution is -2.24. The van der Waals surface area contributed by atoms with Crippen LogP contribution in [0, 0.1) is 0 Å². The summed E-state index contributed by atoms with van der Waals surface area (Å²) < 4.78 is 3.44. The van der Waals surface area contributed by atoms with E-state index >= 15 is 0 Å². The average Bonchev–Trinajstić information content (AvgIpc) is 2.88. The van der Waals surface area contributed by atoms with Crippen LogP contribution in [0.3, 0.4) is 0 Å². The summed E-state index contributed by atoms with van der Waals surface area (Å²) in [5.41, 5.74) is 3.68. The van der Waals surface area contributed by atoms with E-state index in [-0.39, 0.29) is 12.3 Å². The van der Waals surface area contributed by atoms with Crippen LogP contribution in [0.25, 0.3) is 27.3 Å². The van der Waals surface area contributed by atoms with Crippen molar-refractivity contribution in [2.24, 2.45) is 7.05 Å². The van der Waals surface area contributed by atoms with E-state index in [1.54, 1.807) is 16.0 Å². The lowest BCUT2D eigenvalue weighted by Gasteiger charge is -2.09. The summed E-state index contributed by atoms with van der Waals surface area (Å²) in [4.78, 5) is 12.8. The third-order valence-electron chi connectivity index (χ3n) is 4.34. The number of nitrogens with zero attached hydrogens (tertiary/aromatic N) is 2. The molecular weight excluding hydrogens is 276 g/mol. The Kier molecular flexibility index (Phi) is 2.81. The van der Waals surface area contributed by atoms with Gasteiger partial charge in [-0.25, -0.2) is 4.79 Å². The first kappa shape index (κ1) is 13.1. The zero-order valence-electron chi connectivity index (χ0n) is 12.3. The molecule has 1 N–H and O–H groups in total. The van der Waals surface area contributed by atoms with Crippen molar-refractivity contribution < 1.29 is 5.11 Å². The molecule has 110 valence electrons. The van der Waals surface area contributed by atoms with Crippen molar-refractivity contribution in [3.8, 4) is 0 Å². The van der Waals surface area contributed by atoms with E-state index in [0.29, 0.717) is 6.42 Å². The third kappa shape index (κ3) is 1.58. The molecule has 0 unspecified atom stereocenters. The molecule has 0 bridgehead atoms. The molecule has 0 aliphatic carbocycles. The summed E-state index contributed by atoms with van der Waals surface area (Å²) in [7, 11) is 1.80. The van der Waals surface area contributed by atoms with E-state index in [0.717, 1.165) is 32.9 Å². The highest BCUT2D eigenvalue weighted by Gasteiger charge is 2.17. The van der Waals surface area contributed by atoms with E-state index in [1.165, 1.54) is 0 Å². The Balaban J connectivity index is 2.40. The molecular formula is C18H16N2O2. The monoisotopic (exact) mass is 292 g/mol. The van der Waals surface area contributed by atoms with Gasteiger partial charge in [0.2, 0.25) is 0 Å². The molecule has 2 aromatic carbocycles. The Labute approximate surface area is 126 Å². The van der Waals surface area contributed by atoms with Crippen LogP contribution in [-0.4, -0.2) is 20.7 Å². The van der Waals surface area contributed by atoms with E-state index in [1.807, 2.05) is 48.5 Å². The molecule has 0 aliphatic heterocycles. The first-order valence-corrected chi connectivity index (χ1v) is 7.34. The summed E-state index contributed by atoms with van der Waals surface area (Å²) in [6.07, 6.45) is 0.536. The van der Waals surface area contributed by atoms with Crippen molar-refractivity contribution in [1.29, 1.82) is 0 Å². The van der Waals surface area contributed by atoms with Crippen molar-refractivity contribution in [1.82, 2.24) is 8.97 Å². The Morgan fingerprint density at radius 1 is 0.955 bits per heavy atom. The Morgan fingerprint density at radius 2 is 1.59 bits per heavy atom. The minimum Gasteiger partial charge on any atom is -0.396 e. The van der Waals surface area contributed by atoms with Gasteiger partial charge >= 0.3 is 5.69 Å². The molecule has 0 aliphatic rings. The minimum atomic E-state index is -0.0610. The van der Waals surface area contributed by atoms with Crippen LogP contribution in [-0.2, 0) is 13.5 Å². The molecule has 0 spiro atoms. The second-order valence-corrected chi connectivity index (χ2v) is 5.51. The fraction of sp³-hybridized carbons (Fsp3) is 0.167. The molecule has 0 fully saturated rings. The number of para-hydroxylation sites is 2. The first-order chi connectivity index (χ1) is 10.7. The number of rotatable bonds is 2. The number of benzene rings is 2. The third-order valence-corrected chi connectivity index (χ3v) is 4.34. The molecule has 4 nitrogen and oxygen atoms in total. The normalized spacial score (nSPS) is 11.7. The maximum Gasteiger partial charge on any atom is 0.333 e. The molecule has 0 saturated heterocycles. The summed E-state index contributed by atoms with van der Waals surface area (Å²) in [6, 6.07) is 15.8. The molecule has 2 heterocycles. The summed E-state index contributed by atoms with van der Waals surface area (Å²) in [5.74, 6) is 0. The van der Waals surface area contributed by atoms with Crippen LogP contribution in [0.1, 0.15) is 5.56 Å². The highest BCUT2D eigenvalue weighted by molar-refractivity contribution is 6.04. The smallest absolute Gasteiger partial charge is 0.333 e. The van der Waals surface area contributed by atoms with Gasteiger partial charge in [-0.05, 0) is 24.1 Å². The molecule has 22 heavy (non-hydrogen) atoms. The average molecular weight is 292 g/mol. The maximum atomic E-state index is 12.8. The van der Waals surface area contributed by atoms with Gasteiger partial charge in [-0.3, -0.25) is 8.97 Å². The SMILES string of the molecule is Cn1c(=O)n2c3ccccc3c(CCO)c2c2ccccc21. The summed E-state index contributed by atoms with van der Waals surface area (Å²) in [6.45, 7) is 0.0627. The zero-order valence-corrected chi connectivity index (χ0v) is 12.3. The summed E-state index contributed by atoms with van der Waals surface area (Å²) in [5, 5.41) is 11.5. The highest BCUT2D eigenvalue weighted by atomic mass is 16.3. The first-order valence-electron chi connectivity index (χ1n) is 7.34. The molecule has 4 rings (SSSR count). The van der Waals surface area contributed by atoms with E-state index < -0.39 is 0 Å². The highest BCUT2D eigenvalue weighted by Crippen LogP contribution is 2.30. The van der Waals surface area contributed by atoms with Gasteiger partial charge in [-0.1, -0.05) is 36.4 Å². The van der Waals surface area contributed by atoms with Gasteiger partial charge in [0, 0.05) is 24.4 Å². The number of aliphatic hydroxyl groups excluding tert-OH is 1. The van der Waals surface area contributed by atoms with Crippen molar-refractivity contribution >= 4 is 27.3 Å². The van der Waals surface area contributed by atoms with Crippen LogP contribution >= 0.6 is 0 Å². The van der Waals surface area contributed by atoms with Crippen molar-refractivity contribution in [3.63, 3.8) is 0 Å². The largest absolute Gasteiger partial charge is 0.396 e. The number of aryl methyl sites for hydroxylation is 1. The Morgan fingerprint density at radius 3 is 2.32 bits per heavy atom. The molecule has 0 amide bonds. The predicted molar refractivity (Wildman–Crippen MR) is 88.4 cm³/mol. The number of hydrogen-bond acceptors (Lipinski definition) is 2. The number of hydrogen-bond donors (Lipinski definition) is 1. The van der Waals surface area contributed by atoms with Crippen LogP contribution in [0.15, 0.2) is 53.3 Å². The fourth-order valence-corrected chi connectivity index (χ4v) is 3.37. The molecule has 0 atom stereocenters. The molecule has 0 saturated carbocycles. The van der Waals surface area contributed by atoms with E-state index in [4.69, 9.17) is 0 Å². The second kappa shape index (κ2) is 4.71. The molecule has 4 aromatic rings. The van der Waals surface area contributed by atoms with E-state index in [2.05, 4.69) is 0 Å². The fourth-order valence-electron chi connectivity index (χ4n) is 3.37. The molecule has 0 radical (unpaired) electrons. The van der Waals surface area contributed by atoms with Crippen molar-refractivity contribution in [3.05, 3.63) is 64.6 Å². The van der Waals surface area contributed by atoms with Gasteiger partial charge in [0.1, 0.15) is 0 Å². The van der Waals surface area contributed by atoms with E-state index in [9.17, 15) is 9.90 Å². The van der Waals surface area contributed by atoms with Gasteiger partial charge in [-0.15, -0.1) is 0 Å². The predicted octanol–water partition coefficient (Wildman–Crippen LogP) is 2.48. The minimum absolute atomic E-state index is 0.0610. The zero-order chi connectivity index (χ0) is 15.3. The van der Waals surface area contributed by atoms with Gasteiger partial charge in [0.15, 0.2) is 0 Å². The van der Waals surface area contributed by atoms with Gasteiger partial charge in [-0.2, -0.15) is 0 Å². The topological polar surface area (TPSA) is 46.6 Å². The Bertz CT molecular complexity index is 1070. The lowest BCUT2D eigenvalue weighted by atomic mass is 10.1. The number of fused-ring (bicyclic) bond motifs is 5. The quantitative estimate of drug-likeness (QED) is 0.617. The van der Waals surface area contributed by atoms with Crippen LogP contribution in [0.4, 0.5) is 0 Å². The molecule has 4 heteroatoms. The van der Waals surface area contributed by atoms with Gasteiger partial charge in [0.05, 0.1) is 16.6 Å². The van der Waals surface area contributed by atoms with Gasteiger partial charge < -0.3 is 5.11 Å². The van der Waals surface area contributed by atoms with Crippen LogP contribution in [0.2, 0.25) is 0 Å². The van der Waals surface area contributed by atoms with Crippen LogP contribution < -0.4 is 5.69 Å². The van der Waals surface area contributed by atoms with Crippen LogP contribution in [0.5, 0.6) is 0 Å². The summed E-state index contributed by atoms with van der Waals surface area (Å²) >= 11 is 0. The van der Waals surface area contributed by atoms with Gasteiger partial charge in [0.25, 0.3) is 0 Å².